The van der Waals surface area contributed by atoms with E-state index in [-0.39, 0.29) is 23.4 Å². The Balaban J connectivity index is 1.89. The Hall–Kier alpha value is -2.34. The lowest BCUT2D eigenvalue weighted by Crippen LogP contribution is -2.18. The van der Waals surface area contributed by atoms with Gasteiger partial charge in [0.1, 0.15) is 5.82 Å². The molecule has 2 amide bonds. The highest BCUT2D eigenvalue weighted by atomic mass is 32.2. The second kappa shape index (κ2) is 7.61. The predicted octanol–water partition coefficient (Wildman–Crippen LogP) is 2.92. The van der Waals surface area contributed by atoms with Crippen molar-refractivity contribution in [1.29, 1.82) is 0 Å². The Morgan fingerprint density at radius 3 is 2.41 bits per heavy atom. The summed E-state index contributed by atoms with van der Waals surface area (Å²) in [4.78, 5) is 23.7. The average Bonchev–Trinajstić information content (AvgIpc) is 2.54. The molecule has 0 radical (unpaired) electrons. The Kier molecular flexibility index (Phi) is 5.55. The van der Waals surface area contributed by atoms with Gasteiger partial charge in [0, 0.05) is 23.2 Å². The van der Waals surface area contributed by atoms with E-state index < -0.39 is 0 Å². The van der Waals surface area contributed by atoms with E-state index in [4.69, 9.17) is 0 Å². The summed E-state index contributed by atoms with van der Waals surface area (Å²) in [6.07, 6.45) is 0. The molecule has 0 saturated carbocycles. The van der Waals surface area contributed by atoms with Crippen molar-refractivity contribution in [2.24, 2.45) is 0 Å². The summed E-state index contributed by atoms with van der Waals surface area (Å²) in [6.45, 7) is 0. The molecule has 0 aliphatic rings. The molecule has 0 aromatic heterocycles. The van der Waals surface area contributed by atoms with Crippen LogP contribution in [-0.2, 0) is 4.79 Å². The first-order chi connectivity index (χ1) is 10.6. The zero-order valence-corrected chi connectivity index (χ0v) is 12.7. The van der Waals surface area contributed by atoms with Crippen molar-refractivity contribution in [3.8, 4) is 0 Å². The number of benzene rings is 2. The fraction of sp³-hybridized carbons (Fsp3) is 0.125. The van der Waals surface area contributed by atoms with Crippen LogP contribution < -0.4 is 10.6 Å². The standard InChI is InChI=1S/C16H15FN2O2S/c1-18-16(21)11-6-8-12(9-7-11)19-15(20)10-22-14-5-3-2-4-13(14)17/h2-9H,10H2,1H3,(H,18,21)(H,19,20). The van der Waals surface area contributed by atoms with Gasteiger partial charge in [-0.3, -0.25) is 9.59 Å². The lowest BCUT2D eigenvalue weighted by atomic mass is 10.2. The molecule has 0 aliphatic heterocycles. The Morgan fingerprint density at radius 2 is 1.77 bits per heavy atom. The Labute approximate surface area is 132 Å². The van der Waals surface area contributed by atoms with Crippen LogP contribution in [0.5, 0.6) is 0 Å². The number of amides is 2. The van der Waals surface area contributed by atoms with Gasteiger partial charge in [0.25, 0.3) is 5.91 Å². The number of hydrogen-bond donors (Lipinski definition) is 2. The van der Waals surface area contributed by atoms with Crippen molar-refractivity contribution in [1.82, 2.24) is 5.32 Å². The number of anilines is 1. The lowest BCUT2D eigenvalue weighted by molar-refractivity contribution is -0.113. The summed E-state index contributed by atoms with van der Waals surface area (Å²) in [6, 6.07) is 12.9. The molecule has 0 fully saturated rings. The average molecular weight is 318 g/mol. The van der Waals surface area contributed by atoms with E-state index in [9.17, 15) is 14.0 Å². The second-order valence-corrected chi connectivity index (χ2v) is 5.44. The molecule has 0 atom stereocenters. The predicted molar refractivity (Wildman–Crippen MR) is 85.6 cm³/mol. The maximum absolute atomic E-state index is 13.4. The van der Waals surface area contributed by atoms with Crippen molar-refractivity contribution in [2.75, 3.05) is 18.1 Å². The molecule has 0 aliphatic carbocycles. The summed E-state index contributed by atoms with van der Waals surface area (Å²) >= 11 is 1.13. The normalized spacial score (nSPS) is 10.1. The largest absolute Gasteiger partial charge is 0.355 e. The van der Waals surface area contributed by atoms with Crippen molar-refractivity contribution >= 4 is 29.3 Å². The smallest absolute Gasteiger partial charge is 0.251 e. The van der Waals surface area contributed by atoms with Gasteiger partial charge >= 0.3 is 0 Å². The summed E-state index contributed by atoms with van der Waals surface area (Å²) in [5.74, 6) is -0.651. The summed E-state index contributed by atoms with van der Waals surface area (Å²) in [5, 5.41) is 5.22. The van der Waals surface area contributed by atoms with Gasteiger partial charge in [0.2, 0.25) is 5.91 Å². The van der Waals surface area contributed by atoms with E-state index in [1.807, 2.05) is 0 Å². The number of hydrogen-bond acceptors (Lipinski definition) is 3. The van der Waals surface area contributed by atoms with Crippen LogP contribution in [0.2, 0.25) is 0 Å². The minimum Gasteiger partial charge on any atom is -0.355 e. The zero-order chi connectivity index (χ0) is 15.9. The van der Waals surface area contributed by atoms with Gasteiger partial charge in [-0.2, -0.15) is 0 Å². The van der Waals surface area contributed by atoms with Gasteiger partial charge in [0.05, 0.1) is 5.75 Å². The fourth-order valence-electron chi connectivity index (χ4n) is 1.75. The van der Waals surface area contributed by atoms with Crippen LogP contribution in [0.25, 0.3) is 0 Å². The molecular formula is C16H15FN2O2S. The van der Waals surface area contributed by atoms with E-state index >= 15 is 0 Å². The molecule has 2 aromatic rings. The third-order valence-corrected chi connectivity index (χ3v) is 3.90. The third-order valence-electron chi connectivity index (χ3n) is 2.85. The van der Waals surface area contributed by atoms with Gasteiger partial charge in [-0.05, 0) is 36.4 Å². The second-order valence-electron chi connectivity index (χ2n) is 4.42. The van der Waals surface area contributed by atoms with Crippen molar-refractivity contribution in [2.45, 2.75) is 4.90 Å². The fourth-order valence-corrected chi connectivity index (χ4v) is 2.49. The van der Waals surface area contributed by atoms with Crippen LogP contribution >= 0.6 is 11.8 Å². The molecule has 0 bridgehead atoms. The van der Waals surface area contributed by atoms with Crippen LogP contribution in [0.4, 0.5) is 10.1 Å². The first-order valence-corrected chi connectivity index (χ1v) is 7.58. The number of carbonyl (C=O) groups is 2. The van der Waals surface area contributed by atoms with Gasteiger partial charge in [-0.1, -0.05) is 12.1 Å². The van der Waals surface area contributed by atoms with Gasteiger partial charge in [-0.15, -0.1) is 11.8 Å². The molecule has 22 heavy (non-hydrogen) atoms. The van der Waals surface area contributed by atoms with Crippen LogP contribution in [-0.4, -0.2) is 24.6 Å². The van der Waals surface area contributed by atoms with E-state index in [2.05, 4.69) is 10.6 Å². The molecule has 0 heterocycles. The van der Waals surface area contributed by atoms with E-state index in [1.165, 1.54) is 6.07 Å². The van der Waals surface area contributed by atoms with Crippen LogP contribution in [0.15, 0.2) is 53.4 Å². The maximum Gasteiger partial charge on any atom is 0.251 e. The van der Waals surface area contributed by atoms with Gasteiger partial charge in [-0.25, -0.2) is 4.39 Å². The number of nitrogens with one attached hydrogen (secondary N) is 2. The lowest BCUT2D eigenvalue weighted by Gasteiger charge is -2.06. The topological polar surface area (TPSA) is 58.2 Å². The first kappa shape index (κ1) is 16.0. The number of halogens is 1. The van der Waals surface area contributed by atoms with Crippen molar-refractivity contribution < 1.29 is 14.0 Å². The third kappa shape index (κ3) is 4.33. The highest BCUT2D eigenvalue weighted by molar-refractivity contribution is 8.00. The van der Waals surface area contributed by atoms with E-state index in [1.54, 1.807) is 49.5 Å². The molecule has 4 nitrogen and oxygen atoms in total. The minimum atomic E-state index is -0.338. The molecular weight excluding hydrogens is 303 g/mol. The minimum absolute atomic E-state index is 0.109. The van der Waals surface area contributed by atoms with Crippen LogP contribution in [0.3, 0.4) is 0 Å². The summed E-state index contributed by atoms with van der Waals surface area (Å²) in [5.41, 5.74) is 1.10. The molecule has 2 N–H and O–H groups in total. The molecule has 114 valence electrons. The molecule has 0 spiro atoms. The highest BCUT2D eigenvalue weighted by Gasteiger charge is 2.07. The van der Waals surface area contributed by atoms with Gasteiger partial charge in [0.15, 0.2) is 0 Å². The summed E-state index contributed by atoms with van der Waals surface area (Å²) < 4.78 is 13.4. The zero-order valence-electron chi connectivity index (χ0n) is 11.9. The monoisotopic (exact) mass is 318 g/mol. The van der Waals surface area contributed by atoms with Crippen molar-refractivity contribution in [3.63, 3.8) is 0 Å². The summed E-state index contributed by atoms with van der Waals surface area (Å²) in [7, 11) is 1.55. The SMILES string of the molecule is CNC(=O)c1ccc(NC(=O)CSc2ccccc2F)cc1. The molecule has 2 aromatic carbocycles. The van der Waals surface area contributed by atoms with E-state index in [0.29, 0.717) is 16.1 Å². The first-order valence-electron chi connectivity index (χ1n) is 6.59. The van der Waals surface area contributed by atoms with Crippen molar-refractivity contribution in [3.05, 3.63) is 59.9 Å². The number of rotatable bonds is 5. The Morgan fingerprint density at radius 1 is 1.09 bits per heavy atom. The van der Waals surface area contributed by atoms with E-state index in [0.717, 1.165) is 11.8 Å². The quantitative estimate of drug-likeness (QED) is 0.834. The Bertz CT molecular complexity index is 674. The molecule has 0 unspecified atom stereocenters. The maximum atomic E-state index is 13.4. The highest BCUT2D eigenvalue weighted by Crippen LogP contribution is 2.21. The number of thioether (sulfide) groups is 1. The van der Waals surface area contributed by atoms with Crippen LogP contribution in [0, 0.1) is 5.82 Å². The molecule has 2 rings (SSSR count). The van der Waals surface area contributed by atoms with Gasteiger partial charge < -0.3 is 10.6 Å². The molecule has 0 saturated heterocycles. The number of carbonyl (C=O) groups excluding carboxylic acids is 2. The molecule has 6 heteroatoms. The van der Waals surface area contributed by atoms with Crippen LogP contribution in [0.1, 0.15) is 10.4 Å².